The predicted molar refractivity (Wildman–Crippen MR) is 123 cm³/mol. The van der Waals surface area contributed by atoms with Gasteiger partial charge >= 0.3 is 0 Å². The molecule has 1 aromatic carbocycles. The van der Waals surface area contributed by atoms with Crippen molar-refractivity contribution < 1.29 is 0 Å². The average molecular weight is 404 g/mol. The molecule has 1 unspecified atom stereocenters. The van der Waals surface area contributed by atoms with Crippen LogP contribution in [0.5, 0.6) is 0 Å². The summed E-state index contributed by atoms with van der Waals surface area (Å²) in [5.74, 6) is 2.20. The summed E-state index contributed by atoms with van der Waals surface area (Å²) in [6.07, 6.45) is 5.15. The Balaban J connectivity index is 1.43. The first-order valence-corrected chi connectivity index (χ1v) is 10.7. The summed E-state index contributed by atoms with van der Waals surface area (Å²) in [5.41, 5.74) is 11.4. The van der Waals surface area contributed by atoms with Crippen molar-refractivity contribution in [3.05, 3.63) is 47.0 Å². The minimum atomic E-state index is 0.348. The largest absolute Gasteiger partial charge is 0.368 e. The van der Waals surface area contributed by atoms with Gasteiger partial charge in [0.1, 0.15) is 11.6 Å². The van der Waals surface area contributed by atoms with Gasteiger partial charge in [-0.15, -0.1) is 0 Å². The number of benzene rings is 1. The molecule has 2 N–H and O–H groups in total. The number of nitrogen functional groups attached to an aromatic ring is 1. The normalized spacial score (nSPS) is 21.7. The number of nitrogens with two attached hydrogens (primary N) is 1. The van der Waals surface area contributed by atoms with Gasteiger partial charge in [0.05, 0.1) is 6.54 Å². The van der Waals surface area contributed by atoms with Crippen LogP contribution >= 0.6 is 0 Å². The Labute approximate surface area is 177 Å². The molecule has 4 heterocycles. The van der Waals surface area contributed by atoms with Gasteiger partial charge in [0.15, 0.2) is 0 Å². The monoisotopic (exact) mass is 403 g/mol. The molecule has 0 amide bonds. The first-order valence-electron chi connectivity index (χ1n) is 10.7. The Morgan fingerprint density at radius 1 is 1.00 bits per heavy atom. The molecule has 1 atom stereocenters. The standard InChI is InChI=1S/C23H29N7/c1-16-11-17-3-4-18(19-5-6-25-14-19)12-20(17)15-30(16)22-13-21(26-23(24)27-22)29-9-7-28(2)8-10-29/h3-5,12-14,16H,6-11,15H2,1-2H3,(H2,24,26,27). The van der Waals surface area contributed by atoms with Gasteiger partial charge in [0.25, 0.3) is 0 Å². The molecule has 1 fully saturated rings. The molecule has 0 spiro atoms. The second kappa shape index (κ2) is 7.72. The number of rotatable bonds is 3. The van der Waals surface area contributed by atoms with Crippen molar-refractivity contribution in [3.8, 4) is 0 Å². The van der Waals surface area contributed by atoms with E-state index < -0.39 is 0 Å². The number of hydrogen-bond donors (Lipinski definition) is 1. The molecular weight excluding hydrogens is 374 g/mol. The molecule has 0 radical (unpaired) electrons. The van der Waals surface area contributed by atoms with Gasteiger partial charge < -0.3 is 20.4 Å². The molecule has 5 rings (SSSR count). The number of hydrogen-bond acceptors (Lipinski definition) is 7. The minimum absolute atomic E-state index is 0.348. The highest BCUT2D eigenvalue weighted by Crippen LogP contribution is 2.31. The van der Waals surface area contributed by atoms with Gasteiger partial charge in [0.2, 0.25) is 5.95 Å². The second-order valence-electron chi connectivity index (χ2n) is 8.55. The molecule has 3 aliphatic rings. The van der Waals surface area contributed by atoms with E-state index in [-0.39, 0.29) is 0 Å². The first kappa shape index (κ1) is 19.1. The van der Waals surface area contributed by atoms with E-state index in [0.29, 0.717) is 12.0 Å². The molecule has 1 saturated heterocycles. The number of likely N-dealkylation sites (N-methyl/N-ethyl adjacent to an activating group) is 1. The molecule has 0 aliphatic carbocycles. The summed E-state index contributed by atoms with van der Waals surface area (Å²) in [4.78, 5) is 20.5. The van der Waals surface area contributed by atoms with E-state index in [1.54, 1.807) is 0 Å². The summed E-state index contributed by atoms with van der Waals surface area (Å²) in [6.45, 7) is 7.87. The van der Waals surface area contributed by atoms with Crippen LogP contribution in [0, 0.1) is 0 Å². The highest BCUT2D eigenvalue weighted by atomic mass is 15.3. The van der Waals surface area contributed by atoms with Gasteiger partial charge in [-0.2, -0.15) is 9.97 Å². The van der Waals surface area contributed by atoms with Crippen LogP contribution in [0.1, 0.15) is 23.6 Å². The third-order valence-corrected chi connectivity index (χ3v) is 6.41. The lowest BCUT2D eigenvalue weighted by Gasteiger charge is -2.37. The maximum atomic E-state index is 6.14. The maximum absolute atomic E-state index is 6.14. The van der Waals surface area contributed by atoms with Crippen molar-refractivity contribution in [2.45, 2.75) is 25.9 Å². The van der Waals surface area contributed by atoms with E-state index in [0.717, 1.165) is 57.3 Å². The molecule has 2 aromatic rings. The van der Waals surface area contributed by atoms with E-state index in [2.05, 4.69) is 74.0 Å². The molecular formula is C23H29N7. The van der Waals surface area contributed by atoms with Crippen molar-refractivity contribution >= 4 is 29.4 Å². The zero-order valence-corrected chi connectivity index (χ0v) is 17.8. The fraction of sp³-hybridized carbons (Fsp3) is 0.435. The number of anilines is 3. The highest BCUT2D eigenvalue weighted by Gasteiger charge is 2.26. The van der Waals surface area contributed by atoms with Crippen molar-refractivity contribution in [1.82, 2.24) is 14.9 Å². The fourth-order valence-corrected chi connectivity index (χ4v) is 4.56. The summed E-state index contributed by atoms with van der Waals surface area (Å²) in [6, 6.07) is 9.27. The van der Waals surface area contributed by atoms with Crippen molar-refractivity contribution in [2.75, 3.05) is 55.3 Å². The van der Waals surface area contributed by atoms with Crippen molar-refractivity contribution in [1.29, 1.82) is 0 Å². The lowest BCUT2D eigenvalue weighted by atomic mass is 9.91. The number of piperazine rings is 1. The average Bonchev–Trinajstić information content (AvgIpc) is 3.28. The zero-order valence-electron chi connectivity index (χ0n) is 17.8. The van der Waals surface area contributed by atoms with E-state index in [1.807, 2.05) is 6.21 Å². The van der Waals surface area contributed by atoms with Crippen LogP contribution in [-0.4, -0.2) is 66.9 Å². The predicted octanol–water partition coefficient (Wildman–Crippen LogP) is 2.23. The number of aromatic nitrogens is 2. The summed E-state index contributed by atoms with van der Waals surface area (Å²) < 4.78 is 0. The molecule has 1 aromatic heterocycles. The summed E-state index contributed by atoms with van der Waals surface area (Å²) in [7, 11) is 2.16. The zero-order chi connectivity index (χ0) is 20.7. The minimum Gasteiger partial charge on any atom is -0.368 e. The molecule has 0 bridgehead atoms. The van der Waals surface area contributed by atoms with Crippen molar-refractivity contribution in [3.63, 3.8) is 0 Å². The van der Waals surface area contributed by atoms with Crippen LogP contribution in [0.2, 0.25) is 0 Å². The third kappa shape index (κ3) is 3.65. The van der Waals surface area contributed by atoms with E-state index in [4.69, 9.17) is 5.73 Å². The van der Waals surface area contributed by atoms with E-state index >= 15 is 0 Å². The summed E-state index contributed by atoms with van der Waals surface area (Å²) in [5, 5.41) is 0. The van der Waals surface area contributed by atoms with Crippen LogP contribution < -0.4 is 15.5 Å². The van der Waals surface area contributed by atoms with E-state index in [1.165, 1.54) is 22.3 Å². The Morgan fingerprint density at radius 3 is 2.57 bits per heavy atom. The van der Waals surface area contributed by atoms with Gasteiger partial charge in [-0.05, 0) is 48.7 Å². The highest BCUT2D eigenvalue weighted by molar-refractivity contribution is 6.11. The second-order valence-corrected chi connectivity index (χ2v) is 8.55. The quantitative estimate of drug-likeness (QED) is 0.847. The summed E-state index contributed by atoms with van der Waals surface area (Å²) >= 11 is 0. The Hall–Kier alpha value is -2.93. The molecule has 30 heavy (non-hydrogen) atoms. The van der Waals surface area contributed by atoms with Gasteiger partial charge in [-0.25, -0.2) is 0 Å². The smallest absolute Gasteiger partial charge is 0.223 e. The van der Waals surface area contributed by atoms with Crippen LogP contribution in [0.25, 0.3) is 5.57 Å². The van der Waals surface area contributed by atoms with Crippen LogP contribution in [0.4, 0.5) is 17.6 Å². The molecule has 7 nitrogen and oxygen atoms in total. The number of nitrogens with zero attached hydrogens (tertiary/aromatic N) is 6. The topological polar surface area (TPSA) is 73.9 Å². The first-order chi connectivity index (χ1) is 14.6. The van der Waals surface area contributed by atoms with E-state index in [9.17, 15) is 0 Å². The lowest BCUT2D eigenvalue weighted by molar-refractivity contribution is 0.312. The lowest BCUT2D eigenvalue weighted by Crippen LogP contribution is -2.45. The number of fused-ring (bicyclic) bond motifs is 1. The number of aliphatic imine (C=N–C) groups is 1. The molecule has 7 heteroatoms. The number of allylic oxidation sites excluding steroid dienone is 1. The fourth-order valence-electron chi connectivity index (χ4n) is 4.56. The van der Waals surface area contributed by atoms with Crippen molar-refractivity contribution in [2.24, 2.45) is 4.99 Å². The molecule has 0 saturated carbocycles. The van der Waals surface area contributed by atoms with Gasteiger partial charge in [0, 0.05) is 51.0 Å². The Bertz CT molecular complexity index is 1000. The Morgan fingerprint density at radius 2 is 1.80 bits per heavy atom. The molecule has 156 valence electrons. The van der Waals surface area contributed by atoms with Crippen LogP contribution in [-0.2, 0) is 13.0 Å². The maximum Gasteiger partial charge on any atom is 0.223 e. The van der Waals surface area contributed by atoms with Crippen LogP contribution in [0.15, 0.2) is 35.3 Å². The third-order valence-electron chi connectivity index (χ3n) is 6.41. The van der Waals surface area contributed by atoms with Crippen LogP contribution in [0.3, 0.4) is 0 Å². The Kier molecular flexibility index (Phi) is 4.90. The molecule has 3 aliphatic heterocycles. The van der Waals surface area contributed by atoms with Gasteiger partial charge in [-0.3, -0.25) is 4.99 Å². The van der Waals surface area contributed by atoms with Gasteiger partial charge in [-0.1, -0.05) is 18.2 Å². The SMILES string of the molecule is CC1Cc2ccc(C3=CCN=C3)cc2CN1c1cc(N2CCN(C)CC2)nc(N)n1.